The normalized spacial score (nSPS) is 13.2. The molecule has 1 aromatic heterocycles. The van der Waals surface area contributed by atoms with E-state index >= 15 is 0 Å². The van der Waals surface area contributed by atoms with Crippen molar-refractivity contribution >= 4 is 35.8 Å². The monoisotopic (exact) mass is 259 g/mol. The standard InChI is InChI=1S/C10H13NO3S2/c1-10(2,15)7(9(13)14)11-8(12)6-4-3-5-16-6/h3-5,7,15H,1-2H3,(H,11,12)(H,13,14). The van der Waals surface area contributed by atoms with Crippen LogP contribution in [0.15, 0.2) is 17.5 Å². The number of carboxylic acid groups (broad SMARTS) is 1. The van der Waals surface area contributed by atoms with Gasteiger partial charge < -0.3 is 10.4 Å². The number of rotatable bonds is 4. The summed E-state index contributed by atoms with van der Waals surface area (Å²) < 4.78 is -0.821. The van der Waals surface area contributed by atoms with Crippen molar-refractivity contribution in [1.82, 2.24) is 5.32 Å². The first-order valence-electron chi connectivity index (χ1n) is 4.62. The van der Waals surface area contributed by atoms with Crippen LogP contribution in [-0.2, 0) is 4.79 Å². The lowest BCUT2D eigenvalue weighted by atomic mass is 10.0. The molecule has 0 saturated heterocycles. The Balaban J connectivity index is 2.78. The molecule has 16 heavy (non-hydrogen) atoms. The Morgan fingerprint density at radius 1 is 1.56 bits per heavy atom. The quantitative estimate of drug-likeness (QED) is 0.720. The topological polar surface area (TPSA) is 66.4 Å². The van der Waals surface area contributed by atoms with Gasteiger partial charge in [0.2, 0.25) is 0 Å². The minimum atomic E-state index is -1.09. The fraction of sp³-hybridized carbons (Fsp3) is 0.400. The summed E-state index contributed by atoms with van der Waals surface area (Å²) in [5.41, 5.74) is 0. The first-order chi connectivity index (χ1) is 7.32. The molecule has 2 N–H and O–H groups in total. The number of thiol groups is 1. The van der Waals surface area contributed by atoms with Gasteiger partial charge in [0, 0.05) is 4.75 Å². The highest BCUT2D eigenvalue weighted by atomic mass is 32.1. The van der Waals surface area contributed by atoms with Gasteiger partial charge in [-0.05, 0) is 25.3 Å². The molecule has 1 amide bonds. The Hall–Kier alpha value is -1.01. The van der Waals surface area contributed by atoms with Gasteiger partial charge in [0.25, 0.3) is 5.91 Å². The van der Waals surface area contributed by atoms with Crippen LogP contribution < -0.4 is 5.32 Å². The Labute approximate surface area is 103 Å². The van der Waals surface area contributed by atoms with Gasteiger partial charge in [-0.25, -0.2) is 4.79 Å². The molecule has 1 heterocycles. The van der Waals surface area contributed by atoms with E-state index in [-0.39, 0.29) is 5.91 Å². The van der Waals surface area contributed by atoms with E-state index in [1.54, 1.807) is 31.4 Å². The van der Waals surface area contributed by atoms with E-state index < -0.39 is 16.8 Å². The molecule has 1 unspecified atom stereocenters. The van der Waals surface area contributed by atoms with Crippen LogP contribution >= 0.6 is 24.0 Å². The van der Waals surface area contributed by atoms with Crippen molar-refractivity contribution < 1.29 is 14.7 Å². The second-order valence-electron chi connectivity index (χ2n) is 3.88. The summed E-state index contributed by atoms with van der Waals surface area (Å²) in [4.78, 5) is 23.2. The lowest BCUT2D eigenvalue weighted by molar-refractivity contribution is -0.139. The molecule has 1 aromatic rings. The zero-order valence-corrected chi connectivity index (χ0v) is 10.6. The summed E-state index contributed by atoms with van der Waals surface area (Å²) in [7, 11) is 0. The molecule has 6 heteroatoms. The number of carboxylic acids is 1. The van der Waals surface area contributed by atoms with Crippen molar-refractivity contribution in [3.05, 3.63) is 22.4 Å². The fourth-order valence-electron chi connectivity index (χ4n) is 1.15. The summed E-state index contributed by atoms with van der Waals surface area (Å²) in [6, 6.07) is 2.36. The zero-order valence-electron chi connectivity index (χ0n) is 8.93. The maximum Gasteiger partial charge on any atom is 0.327 e. The number of nitrogens with one attached hydrogen (secondary N) is 1. The third-order valence-electron chi connectivity index (χ3n) is 1.97. The number of hydrogen-bond donors (Lipinski definition) is 3. The van der Waals surface area contributed by atoms with Crippen LogP contribution in [0.4, 0.5) is 0 Å². The smallest absolute Gasteiger partial charge is 0.327 e. The summed E-state index contributed by atoms with van der Waals surface area (Å²) in [5, 5.41) is 13.2. The van der Waals surface area contributed by atoms with Crippen LogP contribution in [0.5, 0.6) is 0 Å². The van der Waals surface area contributed by atoms with Crippen molar-refractivity contribution in [3.63, 3.8) is 0 Å². The highest BCUT2D eigenvalue weighted by molar-refractivity contribution is 7.81. The van der Waals surface area contributed by atoms with Gasteiger partial charge in [-0.3, -0.25) is 4.79 Å². The average Bonchev–Trinajstić information content (AvgIpc) is 2.63. The van der Waals surface area contributed by atoms with Gasteiger partial charge in [0.1, 0.15) is 6.04 Å². The van der Waals surface area contributed by atoms with Crippen molar-refractivity contribution in [2.75, 3.05) is 0 Å². The molecular formula is C10H13NO3S2. The van der Waals surface area contributed by atoms with Gasteiger partial charge in [0.05, 0.1) is 4.88 Å². The largest absolute Gasteiger partial charge is 0.480 e. The number of hydrogen-bond acceptors (Lipinski definition) is 4. The molecule has 0 saturated carbocycles. The van der Waals surface area contributed by atoms with Gasteiger partial charge in [-0.1, -0.05) is 6.07 Å². The molecule has 0 radical (unpaired) electrons. The zero-order chi connectivity index (χ0) is 12.3. The fourth-order valence-corrected chi connectivity index (χ4v) is 1.95. The molecule has 0 bridgehead atoms. The minimum absolute atomic E-state index is 0.385. The molecule has 0 spiro atoms. The van der Waals surface area contributed by atoms with E-state index in [1.807, 2.05) is 0 Å². The first-order valence-corrected chi connectivity index (χ1v) is 5.94. The van der Waals surface area contributed by atoms with E-state index in [9.17, 15) is 9.59 Å². The molecule has 0 aliphatic heterocycles. The third kappa shape index (κ3) is 3.24. The van der Waals surface area contributed by atoms with Crippen LogP contribution in [0.3, 0.4) is 0 Å². The number of carbonyl (C=O) groups is 2. The van der Waals surface area contributed by atoms with E-state index in [0.29, 0.717) is 4.88 Å². The molecule has 1 atom stereocenters. The molecule has 0 fully saturated rings. The highest BCUT2D eigenvalue weighted by Crippen LogP contribution is 2.19. The Bertz CT molecular complexity index is 381. The Morgan fingerprint density at radius 3 is 2.56 bits per heavy atom. The molecule has 0 aromatic carbocycles. The van der Waals surface area contributed by atoms with E-state index in [1.165, 1.54) is 11.3 Å². The lowest BCUT2D eigenvalue weighted by Crippen LogP contribution is -2.51. The highest BCUT2D eigenvalue weighted by Gasteiger charge is 2.33. The number of aliphatic carboxylic acids is 1. The van der Waals surface area contributed by atoms with Crippen LogP contribution in [0.2, 0.25) is 0 Å². The van der Waals surface area contributed by atoms with Crippen LogP contribution in [-0.4, -0.2) is 27.8 Å². The SMILES string of the molecule is CC(C)(S)C(NC(=O)c1cccs1)C(=O)O. The predicted octanol–water partition coefficient (Wildman–Crippen LogP) is 1.64. The van der Waals surface area contributed by atoms with Crippen molar-refractivity contribution in [3.8, 4) is 0 Å². The van der Waals surface area contributed by atoms with Crippen LogP contribution in [0.25, 0.3) is 0 Å². The molecule has 1 rings (SSSR count). The second kappa shape index (κ2) is 4.88. The molecule has 0 aliphatic rings. The maximum absolute atomic E-state index is 11.7. The van der Waals surface area contributed by atoms with Gasteiger partial charge >= 0.3 is 5.97 Å². The molecular weight excluding hydrogens is 246 g/mol. The van der Waals surface area contributed by atoms with Gasteiger partial charge in [-0.15, -0.1) is 11.3 Å². The van der Waals surface area contributed by atoms with Gasteiger partial charge in [0.15, 0.2) is 0 Å². The van der Waals surface area contributed by atoms with Gasteiger partial charge in [-0.2, -0.15) is 12.6 Å². The van der Waals surface area contributed by atoms with Crippen molar-refractivity contribution in [1.29, 1.82) is 0 Å². The molecule has 88 valence electrons. The summed E-state index contributed by atoms with van der Waals surface area (Å²) in [6.45, 7) is 3.28. The summed E-state index contributed by atoms with van der Waals surface area (Å²) >= 11 is 5.43. The number of amides is 1. The molecule has 4 nitrogen and oxygen atoms in total. The van der Waals surface area contributed by atoms with E-state index in [0.717, 1.165) is 0 Å². The van der Waals surface area contributed by atoms with Crippen molar-refractivity contribution in [2.24, 2.45) is 0 Å². The number of thiophene rings is 1. The van der Waals surface area contributed by atoms with Crippen LogP contribution in [0.1, 0.15) is 23.5 Å². The maximum atomic E-state index is 11.7. The number of carbonyl (C=O) groups excluding carboxylic acids is 1. The van der Waals surface area contributed by atoms with E-state index in [2.05, 4.69) is 17.9 Å². The van der Waals surface area contributed by atoms with E-state index in [4.69, 9.17) is 5.11 Å². The lowest BCUT2D eigenvalue weighted by Gasteiger charge is -2.26. The minimum Gasteiger partial charge on any atom is -0.480 e. The summed E-state index contributed by atoms with van der Waals surface area (Å²) in [6.07, 6.45) is 0. The van der Waals surface area contributed by atoms with Crippen LogP contribution in [0, 0.1) is 0 Å². The summed E-state index contributed by atoms with van der Waals surface area (Å²) in [5.74, 6) is -1.48. The second-order valence-corrected chi connectivity index (χ2v) is 5.98. The third-order valence-corrected chi connectivity index (χ3v) is 3.10. The Kier molecular flexibility index (Phi) is 3.98. The first kappa shape index (κ1) is 13.1. The van der Waals surface area contributed by atoms with Crippen molar-refractivity contribution in [2.45, 2.75) is 24.6 Å². The average molecular weight is 259 g/mol. The predicted molar refractivity (Wildman–Crippen MR) is 66.3 cm³/mol. The molecule has 0 aliphatic carbocycles. The Morgan fingerprint density at radius 2 is 2.19 bits per heavy atom.